The van der Waals surface area contributed by atoms with Crippen LogP contribution < -0.4 is 5.32 Å². The summed E-state index contributed by atoms with van der Waals surface area (Å²) in [5.74, 6) is 0.0503. The summed E-state index contributed by atoms with van der Waals surface area (Å²) in [5.41, 5.74) is 3.05. The molecule has 0 aliphatic carbocycles. The van der Waals surface area contributed by atoms with Crippen molar-refractivity contribution in [3.8, 4) is 5.69 Å². The molecular formula is C18H25N3O2. The van der Waals surface area contributed by atoms with Gasteiger partial charge in [-0.05, 0) is 38.3 Å². The number of amides is 1. The van der Waals surface area contributed by atoms with E-state index in [-0.39, 0.29) is 11.8 Å². The van der Waals surface area contributed by atoms with Crippen molar-refractivity contribution >= 4 is 5.91 Å². The van der Waals surface area contributed by atoms with Crippen LogP contribution in [0.15, 0.2) is 30.3 Å². The molecule has 1 aromatic carbocycles. The first kappa shape index (κ1) is 17.2. The standard InChI is InChI=1S/C18H25N3O2/c1-12(2)16(22)10-11-19-18(23)17-13(3)20-21(14(17)4)15-8-6-5-7-9-15/h5-9,12,16,22H,10-11H2,1-4H3,(H,19,23). The molecule has 1 unspecified atom stereocenters. The lowest BCUT2D eigenvalue weighted by atomic mass is 10.0. The second-order valence-corrected chi connectivity index (χ2v) is 6.15. The average molecular weight is 315 g/mol. The summed E-state index contributed by atoms with van der Waals surface area (Å²) in [7, 11) is 0. The largest absolute Gasteiger partial charge is 0.393 e. The summed E-state index contributed by atoms with van der Waals surface area (Å²) in [6.45, 7) is 8.11. The molecule has 0 spiro atoms. The van der Waals surface area contributed by atoms with Crippen LogP contribution in [-0.4, -0.2) is 33.4 Å². The van der Waals surface area contributed by atoms with Crippen molar-refractivity contribution in [2.45, 2.75) is 40.2 Å². The molecular weight excluding hydrogens is 290 g/mol. The van der Waals surface area contributed by atoms with Gasteiger partial charge < -0.3 is 10.4 Å². The van der Waals surface area contributed by atoms with E-state index < -0.39 is 6.10 Å². The van der Waals surface area contributed by atoms with Crippen LogP contribution in [0.3, 0.4) is 0 Å². The van der Waals surface area contributed by atoms with Gasteiger partial charge in [-0.3, -0.25) is 4.79 Å². The Bertz CT molecular complexity index is 662. The molecule has 1 heterocycles. The zero-order valence-electron chi connectivity index (χ0n) is 14.2. The maximum absolute atomic E-state index is 12.4. The van der Waals surface area contributed by atoms with Gasteiger partial charge in [-0.1, -0.05) is 32.0 Å². The molecule has 2 N–H and O–H groups in total. The van der Waals surface area contributed by atoms with Crippen molar-refractivity contribution in [2.75, 3.05) is 6.54 Å². The van der Waals surface area contributed by atoms with Gasteiger partial charge in [0.1, 0.15) is 0 Å². The predicted octanol–water partition coefficient (Wildman–Crippen LogP) is 2.63. The lowest BCUT2D eigenvalue weighted by Gasteiger charge is -2.14. The highest BCUT2D eigenvalue weighted by Gasteiger charge is 2.19. The fourth-order valence-corrected chi connectivity index (χ4v) is 2.55. The number of hydrogen-bond donors (Lipinski definition) is 2. The minimum atomic E-state index is -0.399. The first-order valence-corrected chi connectivity index (χ1v) is 7.99. The van der Waals surface area contributed by atoms with Crippen molar-refractivity contribution in [2.24, 2.45) is 5.92 Å². The van der Waals surface area contributed by atoms with E-state index in [9.17, 15) is 9.90 Å². The number of aromatic nitrogens is 2. The van der Waals surface area contributed by atoms with Gasteiger partial charge in [0.2, 0.25) is 0 Å². The number of para-hydroxylation sites is 1. The second-order valence-electron chi connectivity index (χ2n) is 6.15. The SMILES string of the molecule is Cc1nn(-c2ccccc2)c(C)c1C(=O)NCCC(O)C(C)C. The fraction of sp³-hybridized carbons (Fsp3) is 0.444. The minimum absolute atomic E-state index is 0.141. The van der Waals surface area contributed by atoms with Crippen molar-refractivity contribution < 1.29 is 9.90 Å². The quantitative estimate of drug-likeness (QED) is 0.861. The van der Waals surface area contributed by atoms with Crippen LogP contribution in [0.1, 0.15) is 42.0 Å². The topological polar surface area (TPSA) is 67.2 Å². The Morgan fingerprint density at radius 1 is 1.26 bits per heavy atom. The number of nitrogens with one attached hydrogen (secondary N) is 1. The first-order chi connectivity index (χ1) is 10.9. The normalized spacial score (nSPS) is 12.4. The van der Waals surface area contributed by atoms with E-state index in [2.05, 4.69) is 10.4 Å². The van der Waals surface area contributed by atoms with Crippen LogP contribution in [-0.2, 0) is 0 Å². The number of benzene rings is 1. The Morgan fingerprint density at radius 2 is 1.91 bits per heavy atom. The molecule has 1 aromatic heterocycles. The Labute approximate surface area is 137 Å². The molecule has 124 valence electrons. The van der Waals surface area contributed by atoms with E-state index in [1.165, 1.54) is 0 Å². The van der Waals surface area contributed by atoms with E-state index in [0.29, 0.717) is 24.2 Å². The summed E-state index contributed by atoms with van der Waals surface area (Å²) in [6.07, 6.45) is 0.151. The van der Waals surface area contributed by atoms with Crippen LogP contribution in [0.25, 0.3) is 5.69 Å². The van der Waals surface area contributed by atoms with Crippen LogP contribution in [0.2, 0.25) is 0 Å². The van der Waals surface area contributed by atoms with Gasteiger partial charge in [-0.25, -0.2) is 4.68 Å². The number of nitrogens with zero attached hydrogens (tertiary/aromatic N) is 2. The summed E-state index contributed by atoms with van der Waals surface area (Å²) < 4.78 is 1.78. The maximum Gasteiger partial charge on any atom is 0.255 e. The number of rotatable bonds is 6. The van der Waals surface area contributed by atoms with Gasteiger partial charge in [0.05, 0.1) is 28.7 Å². The summed E-state index contributed by atoms with van der Waals surface area (Å²) >= 11 is 0. The molecule has 0 aliphatic rings. The van der Waals surface area contributed by atoms with E-state index >= 15 is 0 Å². The number of carbonyl (C=O) groups is 1. The monoisotopic (exact) mass is 315 g/mol. The van der Waals surface area contributed by atoms with E-state index in [4.69, 9.17) is 0 Å². The highest BCUT2D eigenvalue weighted by Crippen LogP contribution is 2.17. The molecule has 23 heavy (non-hydrogen) atoms. The zero-order chi connectivity index (χ0) is 17.0. The first-order valence-electron chi connectivity index (χ1n) is 7.99. The lowest BCUT2D eigenvalue weighted by molar-refractivity contribution is 0.0919. The van der Waals surface area contributed by atoms with E-state index in [1.54, 1.807) is 4.68 Å². The average Bonchev–Trinajstić information content (AvgIpc) is 2.82. The lowest BCUT2D eigenvalue weighted by Crippen LogP contribution is -2.29. The fourth-order valence-electron chi connectivity index (χ4n) is 2.55. The number of hydrogen-bond acceptors (Lipinski definition) is 3. The third-order valence-corrected chi connectivity index (χ3v) is 4.01. The Balaban J connectivity index is 2.11. The highest BCUT2D eigenvalue weighted by atomic mass is 16.3. The molecule has 0 radical (unpaired) electrons. The van der Waals surface area contributed by atoms with Crippen molar-refractivity contribution in [3.63, 3.8) is 0 Å². The van der Waals surface area contributed by atoms with Crippen LogP contribution in [0.5, 0.6) is 0 Å². The van der Waals surface area contributed by atoms with Gasteiger partial charge in [-0.2, -0.15) is 5.10 Å². The molecule has 5 heteroatoms. The number of aliphatic hydroxyl groups is 1. The third-order valence-electron chi connectivity index (χ3n) is 4.01. The summed E-state index contributed by atoms with van der Waals surface area (Å²) in [5, 5.41) is 17.2. The van der Waals surface area contributed by atoms with Crippen LogP contribution in [0.4, 0.5) is 0 Å². The molecule has 5 nitrogen and oxygen atoms in total. The van der Waals surface area contributed by atoms with Crippen LogP contribution in [0, 0.1) is 19.8 Å². The predicted molar refractivity (Wildman–Crippen MR) is 90.8 cm³/mol. The highest BCUT2D eigenvalue weighted by molar-refractivity contribution is 5.96. The minimum Gasteiger partial charge on any atom is -0.393 e. The van der Waals surface area contributed by atoms with Crippen molar-refractivity contribution in [1.29, 1.82) is 0 Å². The van der Waals surface area contributed by atoms with Gasteiger partial charge in [0.15, 0.2) is 0 Å². The third kappa shape index (κ3) is 3.99. The molecule has 0 bridgehead atoms. The Morgan fingerprint density at radius 3 is 2.52 bits per heavy atom. The molecule has 0 fully saturated rings. The molecule has 0 saturated carbocycles. The van der Waals surface area contributed by atoms with Crippen LogP contribution >= 0.6 is 0 Å². The smallest absolute Gasteiger partial charge is 0.255 e. The summed E-state index contributed by atoms with van der Waals surface area (Å²) in [4.78, 5) is 12.4. The van der Waals surface area contributed by atoms with Gasteiger partial charge in [-0.15, -0.1) is 0 Å². The summed E-state index contributed by atoms with van der Waals surface area (Å²) in [6, 6.07) is 9.75. The van der Waals surface area contributed by atoms with Crippen molar-refractivity contribution in [3.05, 3.63) is 47.3 Å². The van der Waals surface area contributed by atoms with Gasteiger partial charge in [0.25, 0.3) is 5.91 Å². The number of aryl methyl sites for hydroxylation is 1. The molecule has 1 atom stereocenters. The maximum atomic E-state index is 12.4. The van der Waals surface area contributed by atoms with Crippen molar-refractivity contribution in [1.82, 2.24) is 15.1 Å². The zero-order valence-corrected chi connectivity index (χ0v) is 14.2. The Hall–Kier alpha value is -2.14. The molecule has 2 rings (SSSR count). The van der Waals surface area contributed by atoms with E-state index in [1.807, 2.05) is 58.0 Å². The number of aliphatic hydroxyl groups excluding tert-OH is 1. The molecule has 2 aromatic rings. The number of carbonyl (C=O) groups excluding carboxylic acids is 1. The molecule has 0 aliphatic heterocycles. The molecule has 1 amide bonds. The second kappa shape index (κ2) is 7.42. The van der Waals surface area contributed by atoms with Gasteiger partial charge in [0, 0.05) is 6.54 Å². The van der Waals surface area contributed by atoms with E-state index in [0.717, 1.165) is 11.4 Å². The molecule has 0 saturated heterocycles. The Kier molecular flexibility index (Phi) is 5.55. The van der Waals surface area contributed by atoms with Gasteiger partial charge >= 0.3 is 0 Å².